The quantitative estimate of drug-likeness (QED) is 0.886. The van der Waals surface area contributed by atoms with Crippen LogP contribution in [0.2, 0.25) is 0 Å². The molecular formula is C15H23N3O. The number of piperazine rings is 1. The Kier molecular flexibility index (Phi) is 4.80. The minimum Gasteiger partial charge on any atom is -0.374 e. The van der Waals surface area contributed by atoms with E-state index in [9.17, 15) is 4.79 Å². The highest BCUT2D eigenvalue weighted by atomic mass is 16.2. The van der Waals surface area contributed by atoms with Gasteiger partial charge in [0.2, 0.25) is 5.91 Å². The molecule has 0 bridgehead atoms. The van der Waals surface area contributed by atoms with E-state index in [0.717, 1.165) is 32.7 Å². The summed E-state index contributed by atoms with van der Waals surface area (Å²) in [5.41, 5.74) is 2.42. The predicted octanol–water partition coefficient (Wildman–Crippen LogP) is 1.25. The van der Waals surface area contributed by atoms with Gasteiger partial charge in [0, 0.05) is 51.9 Å². The second-order valence-corrected chi connectivity index (χ2v) is 5.14. The highest BCUT2D eigenvalue weighted by Crippen LogP contribution is 2.13. The van der Waals surface area contributed by atoms with Crippen LogP contribution in [0.4, 0.5) is 5.69 Å². The zero-order chi connectivity index (χ0) is 13.7. The number of hydrogen-bond acceptors (Lipinski definition) is 3. The van der Waals surface area contributed by atoms with Crippen molar-refractivity contribution in [1.82, 2.24) is 10.2 Å². The first-order chi connectivity index (χ1) is 9.16. The number of rotatable bonds is 4. The summed E-state index contributed by atoms with van der Waals surface area (Å²) >= 11 is 0. The van der Waals surface area contributed by atoms with E-state index in [1.807, 2.05) is 11.9 Å². The van der Waals surface area contributed by atoms with Gasteiger partial charge in [-0.15, -0.1) is 0 Å². The smallest absolute Gasteiger partial charge is 0.224 e. The Morgan fingerprint density at radius 2 is 1.89 bits per heavy atom. The van der Waals surface area contributed by atoms with Gasteiger partial charge >= 0.3 is 0 Å². The molecule has 1 aliphatic heterocycles. The normalized spacial score (nSPS) is 15.4. The van der Waals surface area contributed by atoms with Crippen LogP contribution in [0.5, 0.6) is 0 Å². The molecule has 1 fully saturated rings. The van der Waals surface area contributed by atoms with Crippen molar-refractivity contribution in [3.63, 3.8) is 0 Å². The van der Waals surface area contributed by atoms with Crippen LogP contribution in [-0.4, -0.2) is 50.6 Å². The summed E-state index contributed by atoms with van der Waals surface area (Å²) in [6.07, 6.45) is 0.588. The maximum atomic E-state index is 12.1. The van der Waals surface area contributed by atoms with E-state index in [1.165, 1.54) is 11.3 Å². The van der Waals surface area contributed by atoms with E-state index in [-0.39, 0.29) is 5.91 Å². The summed E-state index contributed by atoms with van der Waals surface area (Å²) in [6.45, 7) is 6.36. The van der Waals surface area contributed by atoms with E-state index in [2.05, 4.69) is 41.4 Å². The summed E-state index contributed by atoms with van der Waals surface area (Å²) in [7, 11) is 2.04. The van der Waals surface area contributed by atoms with Crippen LogP contribution in [0.15, 0.2) is 24.3 Å². The lowest BCUT2D eigenvalue weighted by molar-refractivity contribution is -0.131. The van der Waals surface area contributed by atoms with Crippen molar-refractivity contribution < 1.29 is 4.79 Å². The minimum atomic E-state index is 0.264. The molecule has 4 heteroatoms. The number of carbonyl (C=O) groups excluding carboxylic acids is 1. The Bertz CT molecular complexity index is 410. The molecule has 0 spiro atoms. The van der Waals surface area contributed by atoms with Crippen LogP contribution in [0.1, 0.15) is 12.0 Å². The van der Waals surface area contributed by atoms with Crippen LogP contribution < -0.4 is 10.2 Å². The van der Waals surface area contributed by atoms with Gasteiger partial charge in [-0.25, -0.2) is 0 Å². The van der Waals surface area contributed by atoms with Crippen molar-refractivity contribution in [2.24, 2.45) is 0 Å². The van der Waals surface area contributed by atoms with Gasteiger partial charge < -0.3 is 15.1 Å². The van der Waals surface area contributed by atoms with Crippen LogP contribution in [0, 0.1) is 6.92 Å². The molecule has 1 amide bonds. The molecule has 0 aliphatic carbocycles. The number of aryl methyl sites for hydroxylation is 1. The van der Waals surface area contributed by atoms with E-state index in [1.54, 1.807) is 0 Å². The van der Waals surface area contributed by atoms with Gasteiger partial charge in [0.1, 0.15) is 0 Å². The van der Waals surface area contributed by atoms with Gasteiger partial charge in [0.25, 0.3) is 0 Å². The van der Waals surface area contributed by atoms with Crippen LogP contribution in [0.25, 0.3) is 0 Å². The van der Waals surface area contributed by atoms with Crippen LogP contribution in [0.3, 0.4) is 0 Å². The molecule has 1 aliphatic rings. The van der Waals surface area contributed by atoms with Gasteiger partial charge in [-0.05, 0) is 19.1 Å². The average Bonchev–Trinajstić information content (AvgIpc) is 2.46. The van der Waals surface area contributed by atoms with E-state index >= 15 is 0 Å². The number of nitrogens with zero attached hydrogens (tertiary/aromatic N) is 2. The topological polar surface area (TPSA) is 35.6 Å². The zero-order valence-electron chi connectivity index (χ0n) is 11.9. The van der Waals surface area contributed by atoms with Gasteiger partial charge in [-0.1, -0.05) is 17.7 Å². The SMILES string of the molecule is Cc1ccc(N(C)CCC(=O)N2CCNCC2)cc1. The van der Waals surface area contributed by atoms with Crippen molar-refractivity contribution in [2.75, 3.05) is 44.7 Å². The molecular weight excluding hydrogens is 238 g/mol. The summed E-state index contributed by atoms with van der Waals surface area (Å²) in [5, 5.41) is 3.26. The summed E-state index contributed by atoms with van der Waals surface area (Å²) in [5.74, 6) is 0.264. The Morgan fingerprint density at radius 3 is 2.53 bits per heavy atom. The summed E-state index contributed by atoms with van der Waals surface area (Å²) in [6, 6.07) is 8.41. The fourth-order valence-corrected chi connectivity index (χ4v) is 2.26. The lowest BCUT2D eigenvalue weighted by Crippen LogP contribution is -2.47. The number of hydrogen-bond donors (Lipinski definition) is 1. The second-order valence-electron chi connectivity index (χ2n) is 5.14. The van der Waals surface area contributed by atoms with E-state index < -0.39 is 0 Å². The molecule has 4 nitrogen and oxygen atoms in total. The molecule has 1 saturated heterocycles. The number of benzene rings is 1. The molecule has 2 rings (SSSR count). The maximum absolute atomic E-state index is 12.1. The Hall–Kier alpha value is -1.55. The van der Waals surface area contributed by atoms with Gasteiger partial charge in [-0.2, -0.15) is 0 Å². The largest absolute Gasteiger partial charge is 0.374 e. The van der Waals surface area contributed by atoms with Crippen molar-refractivity contribution >= 4 is 11.6 Å². The van der Waals surface area contributed by atoms with Gasteiger partial charge in [0.15, 0.2) is 0 Å². The third-order valence-electron chi connectivity index (χ3n) is 3.61. The molecule has 0 atom stereocenters. The fourth-order valence-electron chi connectivity index (χ4n) is 2.26. The summed E-state index contributed by atoms with van der Waals surface area (Å²) in [4.78, 5) is 16.2. The lowest BCUT2D eigenvalue weighted by Gasteiger charge is -2.28. The van der Waals surface area contributed by atoms with Crippen LogP contribution >= 0.6 is 0 Å². The third-order valence-corrected chi connectivity index (χ3v) is 3.61. The monoisotopic (exact) mass is 261 g/mol. The molecule has 0 radical (unpaired) electrons. The third kappa shape index (κ3) is 3.96. The van der Waals surface area contributed by atoms with Crippen molar-refractivity contribution in [1.29, 1.82) is 0 Å². The molecule has 1 aromatic rings. The van der Waals surface area contributed by atoms with Crippen molar-refractivity contribution in [2.45, 2.75) is 13.3 Å². The molecule has 1 heterocycles. The predicted molar refractivity (Wildman–Crippen MR) is 78.5 cm³/mol. The highest BCUT2D eigenvalue weighted by Gasteiger charge is 2.16. The standard InChI is InChI=1S/C15H23N3O/c1-13-3-5-14(6-4-13)17(2)10-7-15(19)18-11-8-16-9-12-18/h3-6,16H,7-12H2,1-2H3. The second kappa shape index (κ2) is 6.57. The van der Waals surface area contributed by atoms with Crippen LogP contribution in [-0.2, 0) is 4.79 Å². The fraction of sp³-hybridized carbons (Fsp3) is 0.533. The molecule has 0 aromatic heterocycles. The van der Waals surface area contributed by atoms with Crippen molar-refractivity contribution in [3.05, 3.63) is 29.8 Å². The first kappa shape index (κ1) is 13.9. The molecule has 19 heavy (non-hydrogen) atoms. The highest BCUT2D eigenvalue weighted by molar-refractivity contribution is 5.77. The molecule has 0 unspecified atom stereocenters. The average molecular weight is 261 g/mol. The Balaban J connectivity index is 1.80. The van der Waals surface area contributed by atoms with E-state index in [0.29, 0.717) is 6.42 Å². The summed E-state index contributed by atoms with van der Waals surface area (Å²) < 4.78 is 0. The Labute approximate surface area is 115 Å². The lowest BCUT2D eigenvalue weighted by atomic mass is 10.2. The molecule has 0 saturated carbocycles. The zero-order valence-corrected chi connectivity index (χ0v) is 11.9. The number of anilines is 1. The minimum absolute atomic E-state index is 0.264. The molecule has 1 aromatic carbocycles. The molecule has 104 valence electrons. The maximum Gasteiger partial charge on any atom is 0.224 e. The van der Waals surface area contributed by atoms with Crippen molar-refractivity contribution in [3.8, 4) is 0 Å². The van der Waals surface area contributed by atoms with Gasteiger partial charge in [-0.3, -0.25) is 4.79 Å². The van der Waals surface area contributed by atoms with E-state index in [4.69, 9.17) is 0 Å². The number of carbonyl (C=O) groups is 1. The first-order valence-corrected chi connectivity index (χ1v) is 6.93. The van der Waals surface area contributed by atoms with Gasteiger partial charge in [0.05, 0.1) is 0 Å². The first-order valence-electron chi connectivity index (χ1n) is 6.93. The number of amides is 1. The molecule has 1 N–H and O–H groups in total. The number of nitrogens with one attached hydrogen (secondary N) is 1. The Morgan fingerprint density at radius 1 is 1.26 bits per heavy atom.